The fraction of sp³-hybridized carbons (Fsp3) is 0.286. The van der Waals surface area contributed by atoms with Crippen molar-refractivity contribution in [3.8, 4) is 0 Å². The number of carbonyl (C=O) groups excluding carboxylic acids is 2. The first-order chi connectivity index (χ1) is 21.8. The van der Waals surface area contributed by atoms with Gasteiger partial charge in [-0.25, -0.2) is 4.79 Å². The first kappa shape index (κ1) is 32.2. The van der Waals surface area contributed by atoms with E-state index in [9.17, 15) is 19.9 Å². The lowest BCUT2D eigenvalue weighted by Gasteiger charge is -2.41. The molecule has 5 rings (SSSR count). The van der Waals surface area contributed by atoms with Crippen molar-refractivity contribution in [1.82, 2.24) is 5.32 Å². The normalized spacial score (nSPS) is 20.2. The highest BCUT2D eigenvalue weighted by Crippen LogP contribution is 2.43. The summed E-state index contributed by atoms with van der Waals surface area (Å²) in [6, 6.07) is 28.5. The minimum absolute atomic E-state index is 0.0502. The number of ketones is 1. The average Bonchev–Trinajstić information content (AvgIpc) is 3.05. The van der Waals surface area contributed by atoms with Crippen molar-refractivity contribution in [1.29, 1.82) is 0 Å². The Labute approximate surface area is 267 Å². The van der Waals surface area contributed by atoms with Gasteiger partial charge in [0.05, 0.1) is 24.9 Å². The number of ether oxygens (including phenoxy) is 2. The molecular weight excluding hydrogens is 590 g/mol. The van der Waals surface area contributed by atoms with Gasteiger partial charge in [0.2, 0.25) is 0 Å². The smallest absolute Gasteiger partial charge is 0.319 e. The maximum absolute atomic E-state index is 13.0. The first-order valence-electron chi connectivity index (χ1n) is 14.8. The Bertz CT molecular complexity index is 1590. The number of nitrogens with zero attached hydrogens (tertiary/aromatic N) is 1. The standard InChI is InChI=1S/C35H37N3O6S/c1-23-31(22-45-32-13-6-7-18-38(32)42)43-34(44-33(23)27-16-14-26(21-39)15-17-27)28-11-8-12-29(20-28)36-35(41)37-30(24(2)40)19-25-9-4-3-5-10-25/h3-18,20,23,30-31,33-34,39H,19,21-22H2,1-2H3,(H2,36,37,41). The zero-order valence-electron chi connectivity index (χ0n) is 25.2. The summed E-state index contributed by atoms with van der Waals surface area (Å²) in [5, 5.41) is 28.0. The van der Waals surface area contributed by atoms with Crippen molar-refractivity contribution in [2.75, 3.05) is 11.1 Å². The highest BCUT2D eigenvalue weighted by Gasteiger charge is 2.38. The lowest BCUT2D eigenvalue weighted by Crippen LogP contribution is -2.43. The van der Waals surface area contributed by atoms with Crippen LogP contribution in [0.3, 0.4) is 0 Å². The predicted octanol–water partition coefficient (Wildman–Crippen LogP) is 5.72. The van der Waals surface area contributed by atoms with Crippen molar-refractivity contribution >= 4 is 29.3 Å². The zero-order valence-corrected chi connectivity index (χ0v) is 26.0. The molecule has 2 heterocycles. The molecule has 9 nitrogen and oxygen atoms in total. The largest absolute Gasteiger partial charge is 0.618 e. The number of amides is 2. The van der Waals surface area contributed by atoms with Crippen LogP contribution >= 0.6 is 11.8 Å². The van der Waals surface area contributed by atoms with Gasteiger partial charge in [0.1, 0.15) is 0 Å². The van der Waals surface area contributed by atoms with E-state index in [1.54, 1.807) is 30.3 Å². The monoisotopic (exact) mass is 627 g/mol. The summed E-state index contributed by atoms with van der Waals surface area (Å²) >= 11 is 1.42. The number of pyridine rings is 1. The van der Waals surface area contributed by atoms with Crippen LogP contribution in [-0.2, 0) is 27.3 Å². The predicted molar refractivity (Wildman–Crippen MR) is 172 cm³/mol. The van der Waals surface area contributed by atoms with Gasteiger partial charge in [0.25, 0.3) is 5.03 Å². The van der Waals surface area contributed by atoms with Gasteiger partial charge in [-0.3, -0.25) is 4.79 Å². The Morgan fingerprint density at radius 1 is 0.933 bits per heavy atom. The number of aliphatic hydroxyl groups is 1. The molecule has 3 aromatic carbocycles. The van der Waals surface area contributed by atoms with Crippen molar-refractivity contribution in [3.63, 3.8) is 0 Å². The van der Waals surface area contributed by atoms with E-state index >= 15 is 0 Å². The fourth-order valence-electron chi connectivity index (χ4n) is 5.24. The first-order valence-corrected chi connectivity index (χ1v) is 15.8. The molecule has 0 bridgehead atoms. The molecule has 45 heavy (non-hydrogen) atoms. The molecule has 1 aromatic heterocycles. The van der Waals surface area contributed by atoms with Gasteiger partial charge in [0, 0.05) is 35.1 Å². The highest BCUT2D eigenvalue weighted by molar-refractivity contribution is 7.99. The summed E-state index contributed by atoms with van der Waals surface area (Å²) in [4.78, 5) is 25.2. The summed E-state index contributed by atoms with van der Waals surface area (Å²) < 4.78 is 13.9. The molecule has 1 aliphatic heterocycles. The van der Waals surface area contributed by atoms with Crippen molar-refractivity contribution in [2.45, 2.75) is 56.4 Å². The Morgan fingerprint density at radius 2 is 1.69 bits per heavy atom. The Kier molecular flexibility index (Phi) is 10.9. The Balaban J connectivity index is 1.32. The number of urea groups is 1. The minimum Gasteiger partial charge on any atom is -0.618 e. The number of thioether (sulfide) groups is 1. The molecule has 234 valence electrons. The van der Waals surface area contributed by atoms with Crippen LogP contribution < -0.4 is 15.4 Å². The summed E-state index contributed by atoms with van der Waals surface area (Å²) in [6.45, 7) is 3.47. The number of Topliss-reactive ketones (excluding diaryl/α,β-unsaturated/α-hetero) is 1. The maximum Gasteiger partial charge on any atom is 0.319 e. The third kappa shape index (κ3) is 8.49. The number of carbonyl (C=O) groups is 2. The SMILES string of the molecule is CC(=O)C(Cc1ccccc1)NC(=O)Nc1cccc(C2OC(CSc3cccc[n+]3[O-])C(C)C(c3ccc(CO)cc3)O2)c1. The molecule has 0 aliphatic carbocycles. The Hall–Kier alpha value is -4.22. The number of benzene rings is 3. The topological polar surface area (TPSA) is 124 Å². The van der Waals surface area contributed by atoms with Crippen LogP contribution in [0.5, 0.6) is 0 Å². The summed E-state index contributed by atoms with van der Waals surface area (Å²) in [6.07, 6.45) is 0.510. The maximum atomic E-state index is 13.0. The summed E-state index contributed by atoms with van der Waals surface area (Å²) in [5.41, 5.74) is 3.93. The van der Waals surface area contributed by atoms with E-state index in [-0.39, 0.29) is 30.5 Å². The molecule has 10 heteroatoms. The number of hydrogen-bond acceptors (Lipinski definition) is 7. The van der Waals surface area contributed by atoms with Gasteiger partial charge in [-0.15, -0.1) is 0 Å². The van der Waals surface area contributed by atoms with E-state index in [2.05, 4.69) is 17.6 Å². The van der Waals surface area contributed by atoms with Gasteiger partial charge >= 0.3 is 6.03 Å². The average molecular weight is 628 g/mol. The molecule has 0 spiro atoms. The van der Waals surface area contributed by atoms with Crippen LogP contribution in [0.2, 0.25) is 0 Å². The number of aromatic nitrogens is 1. The van der Waals surface area contributed by atoms with E-state index in [0.717, 1.165) is 21.4 Å². The van der Waals surface area contributed by atoms with Gasteiger partial charge in [-0.05, 0) is 48.2 Å². The van der Waals surface area contributed by atoms with E-state index in [4.69, 9.17) is 9.47 Å². The van der Waals surface area contributed by atoms with E-state index in [1.807, 2.05) is 66.7 Å². The van der Waals surface area contributed by atoms with Crippen LogP contribution in [0, 0.1) is 11.1 Å². The van der Waals surface area contributed by atoms with Gasteiger partial charge < -0.3 is 30.4 Å². The lowest BCUT2D eigenvalue weighted by molar-refractivity contribution is -0.645. The molecule has 2 amide bonds. The second-order valence-electron chi connectivity index (χ2n) is 11.1. The van der Waals surface area contributed by atoms with Gasteiger partial charge in [-0.1, -0.05) is 85.4 Å². The van der Waals surface area contributed by atoms with Crippen molar-refractivity contribution in [3.05, 3.63) is 131 Å². The quantitative estimate of drug-likeness (QED) is 0.110. The molecular formula is C35H37N3O6S. The van der Waals surface area contributed by atoms with Crippen LogP contribution in [0.25, 0.3) is 0 Å². The molecule has 1 fully saturated rings. The zero-order chi connectivity index (χ0) is 31.8. The van der Waals surface area contributed by atoms with Crippen LogP contribution in [0.1, 0.15) is 48.5 Å². The number of aliphatic hydroxyl groups excluding tert-OH is 1. The van der Waals surface area contributed by atoms with Crippen molar-refractivity contribution in [2.24, 2.45) is 5.92 Å². The number of hydrogen-bond donors (Lipinski definition) is 3. The molecule has 1 saturated heterocycles. The molecule has 5 atom stereocenters. The molecule has 0 radical (unpaired) electrons. The highest BCUT2D eigenvalue weighted by atomic mass is 32.2. The fourth-order valence-corrected chi connectivity index (χ4v) is 6.32. The van der Waals surface area contributed by atoms with E-state index in [0.29, 0.717) is 28.5 Å². The lowest BCUT2D eigenvalue weighted by atomic mass is 9.91. The summed E-state index contributed by atoms with van der Waals surface area (Å²) in [5.74, 6) is 0.325. The second-order valence-corrected chi connectivity index (χ2v) is 12.1. The van der Waals surface area contributed by atoms with Crippen LogP contribution in [0.4, 0.5) is 10.5 Å². The second kappa shape index (κ2) is 15.2. The van der Waals surface area contributed by atoms with Gasteiger partial charge in [-0.2, -0.15) is 4.73 Å². The molecule has 0 saturated carbocycles. The molecule has 1 aliphatic rings. The van der Waals surface area contributed by atoms with Gasteiger partial charge in [0.15, 0.2) is 18.3 Å². The van der Waals surface area contributed by atoms with Crippen molar-refractivity contribution < 1.29 is 28.9 Å². The number of anilines is 1. The third-order valence-corrected chi connectivity index (χ3v) is 8.91. The number of rotatable bonds is 11. The Morgan fingerprint density at radius 3 is 2.40 bits per heavy atom. The minimum atomic E-state index is -0.752. The van der Waals surface area contributed by atoms with E-state index in [1.165, 1.54) is 24.9 Å². The summed E-state index contributed by atoms with van der Waals surface area (Å²) in [7, 11) is 0. The number of nitrogens with one attached hydrogen (secondary N) is 2. The van der Waals surface area contributed by atoms with E-state index < -0.39 is 18.4 Å². The molecule has 3 N–H and O–H groups in total. The molecule has 5 unspecified atom stereocenters. The molecule has 4 aromatic rings. The van der Waals surface area contributed by atoms with Crippen LogP contribution in [0.15, 0.2) is 108 Å². The van der Waals surface area contributed by atoms with Crippen LogP contribution in [-0.4, -0.2) is 34.8 Å². The third-order valence-electron chi connectivity index (χ3n) is 7.80.